The van der Waals surface area contributed by atoms with Crippen LogP contribution >= 0.6 is 11.6 Å². The molecular formula is C15H15ClFN3. The van der Waals surface area contributed by atoms with Crippen molar-refractivity contribution >= 4 is 23.1 Å². The van der Waals surface area contributed by atoms with E-state index in [4.69, 9.17) is 11.6 Å². The average Bonchev–Trinajstić information content (AvgIpc) is 2.84. The standard InChI is InChI=1S/C15H15ClFN3/c1-3-13-18-14(16)9(2)15(19-13)20-7-6-10-4-5-11(17)8-12(10)20/h4-5,8H,3,6-7H2,1-2H3. The third-order valence-electron chi connectivity index (χ3n) is 3.62. The molecule has 1 aliphatic heterocycles. The highest BCUT2D eigenvalue weighted by atomic mass is 35.5. The quantitative estimate of drug-likeness (QED) is 0.787. The number of fused-ring (bicyclic) bond motifs is 1. The van der Waals surface area contributed by atoms with E-state index in [2.05, 4.69) is 9.97 Å². The Morgan fingerprint density at radius 1 is 1.35 bits per heavy atom. The molecule has 1 aromatic carbocycles. The van der Waals surface area contributed by atoms with Crippen LogP contribution in [0.3, 0.4) is 0 Å². The van der Waals surface area contributed by atoms with Crippen molar-refractivity contribution in [3.8, 4) is 0 Å². The second kappa shape index (κ2) is 5.02. The van der Waals surface area contributed by atoms with Gasteiger partial charge in [0.15, 0.2) is 0 Å². The first-order valence-electron chi connectivity index (χ1n) is 6.69. The van der Waals surface area contributed by atoms with Crippen molar-refractivity contribution in [2.75, 3.05) is 11.4 Å². The third-order valence-corrected chi connectivity index (χ3v) is 3.99. The minimum absolute atomic E-state index is 0.232. The predicted octanol–water partition coefficient (Wildman–Crippen LogP) is 3.83. The van der Waals surface area contributed by atoms with Crippen LogP contribution in [0.25, 0.3) is 0 Å². The number of halogens is 2. The van der Waals surface area contributed by atoms with Gasteiger partial charge in [-0.25, -0.2) is 14.4 Å². The average molecular weight is 292 g/mol. The summed E-state index contributed by atoms with van der Waals surface area (Å²) in [5, 5.41) is 0.469. The Hall–Kier alpha value is -1.68. The van der Waals surface area contributed by atoms with Gasteiger partial charge in [-0.05, 0) is 31.0 Å². The Labute approximate surface area is 122 Å². The summed E-state index contributed by atoms with van der Waals surface area (Å²) in [6, 6.07) is 4.90. The van der Waals surface area contributed by atoms with Crippen molar-refractivity contribution in [3.63, 3.8) is 0 Å². The van der Waals surface area contributed by atoms with Gasteiger partial charge in [-0.2, -0.15) is 0 Å². The fourth-order valence-corrected chi connectivity index (χ4v) is 2.70. The second-order valence-corrected chi connectivity index (χ2v) is 5.27. The number of aromatic nitrogens is 2. The van der Waals surface area contributed by atoms with E-state index in [1.54, 1.807) is 6.07 Å². The molecule has 3 nitrogen and oxygen atoms in total. The normalized spacial score (nSPS) is 13.7. The molecule has 0 unspecified atom stereocenters. The van der Waals surface area contributed by atoms with Gasteiger partial charge in [0.1, 0.15) is 22.6 Å². The fraction of sp³-hybridized carbons (Fsp3) is 0.333. The van der Waals surface area contributed by atoms with Crippen molar-refractivity contribution in [1.29, 1.82) is 0 Å². The molecule has 104 valence electrons. The molecule has 0 aliphatic carbocycles. The Bertz CT molecular complexity index is 672. The molecule has 1 aromatic heterocycles. The van der Waals surface area contributed by atoms with E-state index in [-0.39, 0.29) is 5.82 Å². The molecular weight excluding hydrogens is 277 g/mol. The van der Waals surface area contributed by atoms with Crippen molar-refractivity contribution in [2.45, 2.75) is 26.7 Å². The molecule has 0 spiro atoms. The van der Waals surface area contributed by atoms with Gasteiger partial charge < -0.3 is 4.90 Å². The lowest BCUT2D eigenvalue weighted by Gasteiger charge is -2.21. The maximum Gasteiger partial charge on any atom is 0.141 e. The highest BCUT2D eigenvalue weighted by Gasteiger charge is 2.24. The molecule has 0 N–H and O–H groups in total. The molecule has 3 rings (SSSR count). The van der Waals surface area contributed by atoms with Crippen LogP contribution in [0.15, 0.2) is 18.2 Å². The van der Waals surface area contributed by atoms with Crippen molar-refractivity contribution in [3.05, 3.63) is 46.1 Å². The van der Waals surface area contributed by atoms with Gasteiger partial charge in [0, 0.05) is 24.2 Å². The Morgan fingerprint density at radius 3 is 2.90 bits per heavy atom. The lowest BCUT2D eigenvalue weighted by molar-refractivity contribution is 0.628. The summed E-state index contributed by atoms with van der Waals surface area (Å²) in [4.78, 5) is 10.8. The maximum absolute atomic E-state index is 13.5. The molecule has 0 bridgehead atoms. The summed E-state index contributed by atoms with van der Waals surface area (Å²) in [5.74, 6) is 1.26. The third kappa shape index (κ3) is 2.14. The van der Waals surface area contributed by atoms with E-state index in [1.807, 2.05) is 24.8 Å². The molecule has 0 radical (unpaired) electrons. The highest BCUT2D eigenvalue weighted by Crippen LogP contribution is 2.36. The molecule has 2 aromatic rings. The lowest BCUT2D eigenvalue weighted by Crippen LogP contribution is -2.18. The van der Waals surface area contributed by atoms with Gasteiger partial charge in [-0.3, -0.25) is 0 Å². The first-order chi connectivity index (χ1) is 9.60. The zero-order chi connectivity index (χ0) is 14.3. The van der Waals surface area contributed by atoms with E-state index in [0.717, 1.165) is 42.0 Å². The SMILES string of the molecule is CCc1nc(Cl)c(C)c(N2CCc3ccc(F)cc32)n1. The van der Waals surface area contributed by atoms with Gasteiger partial charge >= 0.3 is 0 Å². The van der Waals surface area contributed by atoms with E-state index >= 15 is 0 Å². The first-order valence-corrected chi connectivity index (χ1v) is 7.07. The smallest absolute Gasteiger partial charge is 0.141 e. The zero-order valence-electron chi connectivity index (χ0n) is 11.5. The second-order valence-electron chi connectivity index (χ2n) is 4.91. The van der Waals surface area contributed by atoms with Crippen LogP contribution in [0.1, 0.15) is 23.9 Å². The van der Waals surface area contributed by atoms with Crippen molar-refractivity contribution in [2.24, 2.45) is 0 Å². The monoisotopic (exact) mass is 291 g/mol. The van der Waals surface area contributed by atoms with E-state index in [9.17, 15) is 4.39 Å². The van der Waals surface area contributed by atoms with Gasteiger partial charge in [0.25, 0.3) is 0 Å². The fourth-order valence-electron chi connectivity index (χ4n) is 2.51. The number of rotatable bonds is 2. The molecule has 5 heteroatoms. The largest absolute Gasteiger partial charge is 0.325 e. The lowest BCUT2D eigenvalue weighted by atomic mass is 10.1. The molecule has 0 fully saturated rings. The Morgan fingerprint density at radius 2 is 2.15 bits per heavy atom. The van der Waals surface area contributed by atoms with E-state index in [1.165, 1.54) is 6.07 Å². The summed E-state index contributed by atoms with van der Waals surface area (Å²) in [5.41, 5.74) is 2.85. The van der Waals surface area contributed by atoms with Gasteiger partial charge in [-0.1, -0.05) is 24.6 Å². The highest BCUT2D eigenvalue weighted by molar-refractivity contribution is 6.30. The Kier molecular flexibility index (Phi) is 3.34. The Balaban J connectivity index is 2.12. The van der Waals surface area contributed by atoms with Crippen LogP contribution in [-0.4, -0.2) is 16.5 Å². The number of nitrogens with zero attached hydrogens (tertiary/aromatic N) is 3. The van der Waals surface area contributed by atoms with E-state index in [0.29, 0.717) is 11.0 Å². The van der Waals surface area contributed by atoms with Gasteiger partial charge in [0.05, 0.1) is 0 Å². The maximum atomic E-state index is 13.5. The minimum atomic E-state index is -0.232. The summed E-state index contributed by atoms with van der Waals surface area (Å²) >= 11 is 6.18. The summed E-state index contributed by atoms with van der Waals surface area (Å²) < 4.78 is 13.5. The molecule has 20 heavy (non-hydrogen) atoms. The van der Waals surface area contributed by atoms with Crippen LogP contribution in [0.4, 0.5) is 15.9 Å². The summed E-state index contributed by atoms with van der Waals surface area (Å²) in [6.45, 7) is 4.67. The molecule has 2 heterocycles. The zero-order valence-corrected chi connectivity index (χ0v) is 12.2. The summed E-state index contributed by atoms with van der Waals surface area (Å²) in [6.07, 6.45) is 1.61. The van der Waals surface area contributed by atoms with Gasteiger partial charge in [0.2, 0.25) is 0 Å². The van der Waals surface area contributed by atoms with Gasteiger partial charge in [-0.15, -0.1) is 0 Å². The molecule has 0 saturated carbocycles. The van der Waals surface area contributed by atoms with Crippen LogP contribution in [0, 0.1) is 12.7 Å². The number of hydrogen-bond acceptors (Lipinski definition) is 3. The first kappa shape index (κ1) is 13.3. The molecule has 0 saturated heterocycles. The van der Waals surface area contributed by atoms with Crippen molar-refractivity contribution in [1.82, 2.24) is 9.97 Å². The molecule has 0 atom stereocenters. The number of benzene rings is 1. The molecule has 1 aliphatic rings. The van der Waals surface area contributed by atoms with Crippen LogP contribution < -0.4 is 4.90 Å². The minimum Gasteiger partial charge on any atom is -0.325 e. The van der Waals surface area contributed by atoms with Crippen LogP contribution in [-0.2, 0) is 12.8 Å². The predicted molar refractivity (Wildman–Crippen MR) is 78.3 cm³/mol. The summed E-state index contributed by atoms with van der Waals surface area (Å²) in [7, 11) is 0. The van der Waals surface area contributed by atoms with Crippen molar-refractivity contribution < 1.29 is 4.39 Å². The van der Waals surface area contributed by atoms with E-state index < -0.39 is 0 Å². The topological polar surface area (TPSA) is 29.0 Å². The van der Waals surface area contributed by atoms with Crippen LogP contribution in [0.5, 0.6) is 0 Å². The van der Waals surface area contributed by atoms with Crippen LogP contribution in [0.2, 0.25) is 5.15 Å². The number of hydrogen-bond donors (Lipinski definition) is 0. The number of anilines is 2. The number of aryl methyl sites for hydroxylation is 1. The molecule has 0 amide bonds.